The molecule has 0 amide bonds. The molecule has 1 heteroatoms. The van der Waals surface area contributed by atoms with Gasteiger partial charge in [-0.3, -0.25) is 4.79 Å². The van der Waals surface area contributed by atoms with Crippen LogP contribution in [0.2, 0.25) is 0 Å². The maximum Gasteiger partial charge on any atom is 0.193 e. The van der Waals surface area contributed by atoms with Crippen molar-refractivity contribution >= 4 is 48.9 Å². The Kier molecular flexibility index (Phi) is 3.69. The van der Waals surface area contributed by atoms with Crippen LogP contribution in [0.4, 0.5) is 0 Å². The fourth-order valence-corrected chi connectivity index (χ4v) is 4.61. The first-order valence-corrected chi connectivity index (χ1v) is 10.2. The number of benzene rings is 6. The van der Waals surface area contributed by atoms with Gasteiger partial charge in [-0.1, -0.05) is 103 Å². The molecule has 0 saturated carbocycles. The molecule has 0 bridgehead atoms. The number of carbonyl (C=O) groups excluding carboxylic acids is 1. The third kappa shape index (κ3) is 2.46. The van der Waals surface area contributed by atoms with Gasteiger partial charge in [-0.05, 0) is 49.2 Å². The molecule has 0 aromatic heterocycles. The van der Waals surface area contributed by atoms with Crippen molar-refractivity contribution in [1.29, 1.82) is 0 Å². The summed E-state index contributed by atoms with van der Waals surface area (Å²) in [4.78, 5) is 13.5. The summed E-state index contributed by atoms with van der Waals surface area (Å²) in [5.41, 5.74) is 1.47. The summed E-state index contributed by atoms with van der Waals surface area (Å²) in [6.45, 7) is 0. The average molecular weight is 382 g/mol. The lowest BCUT2D eigenvalue weighted by molar-refractivity contribution is 0.104. The van der Waals surface area contributed by atoms with Crippen LogP contribution in [0.5, 0.6) is 0 Å². The van der Waals surface area contributed by atoms with Crippen molar-refractivity contribution in [2.75, 3.05) is 0 Å². The lowest BCUT2D eigenvalue weighted by Gasteiger charge is -2.13. The van der Waals surface area contributed by atoms with Crippen LogP contribution in [0.25, 0.3) is 43.1 Å². The molecule has 6 aromatic carbocycles. The van der Waals surface area contributed by atoms with Crippen molar-refractivity contribution in [2.45, 2.75) is 0 Å². The summed E-state index contributed by atoms with van der Waals surface area (Å²) in [5, 5.41) is 9.28. The van der Waals surface area contributed by atoms with Crippen LogP contribution in [-0.4, -0.2) is 5.78 Å². The topological polar surface area (TPSA) is 17.1 Å². The van der Waals surface area contributed by atoms with Crippen molar-refractivity contribution in [3.05, 3.63) is 120 Å². The molecular formula is C29H18O. The van der Waals surface area contributed by atoms with E-state index in [4.69, 9.17) is 0 Å². The van der Waals surface area contributed by atoms with Gasteiger partial charge in [0.25, 0.3) is 0 Å². The van der Waals surface area contributed by atoms with Crippen molar-refractivity contribution in [3.63, 3.8) is 0 Å². The van der Waals surface area contributed by atoms with Gasteiger partial charge in [0.05, 0.1) is 0 Å². The van der Waals surface area contributed by atoms with E-state index in [0.29, 0.717) is 5.56 Å². The van der Waals surface area contributed by atoms with Crippen LogP contribution >= 0.6 is 0 Å². The standard InChI is InChI=1S/C29H18O/c30-29(20-9-2-1-3-10-20)28-18-27-25-15-14-19-8-4-5-11-21(19)24(25)16-17-26(27)22-12-6-7-13-23(22)28/h1-18H. The second kappa shape index (κ2) is 6.53. The van der Waals surface area contributed by atoms with Crippen LogP contribution in [0, 0.1) is 0 Å². The molecule has 6 aromatic rings. The van der Waals surface area contributed by atoms with Gasteiger partial charge in [-0.15, -0.1) is 0 Å². The van der Waals surface area contributed by atoms with Gasteiger partial charge in [0, 0.05) is 11.1 Å². The van der Waals surface area contributed by atoms with Crippen LogP contribution in [-0.2, 0) is 0 Å². The minimum atomic E-state index is 0.0616. The van der Waals surface area contributed by atoms with Crippen LogP contribution in [0.1, 0.15) is 15.9 Å². The largest absolute Gasteiger partial charge is 0.289 e. The summed E-state index contributed by atoms with van der Waals surface area (Å²) in [6, 6.07) is 37.1. The summed E-state index contributed by atoms with van der Waals surface area (Å²) in [6.07, 6.45) is 0. The fourth-order valence-electron chi connectivity index (χ4n) is 4.61. The van der Waals surface area contributed by atoms with E-state index in [9.17, 15) is 4.79 Å². The Hall–Kier alpha value is -3.97. The maximum atomic E-state index is 13.5. The molecular weight excluding hydrogens is 364 g/mol. The van der Waals surface area contributed by atoms with E-state index >= 15 is 0 Å². The minimum absolute atomic E-state index is 0.0616. The predicted octanol–water partition coefficient (Wildman–Crippen LogP) is 7.53. The van der Waals surface area contributed by atoms with Crippen molar-refractivity contribution in [1.82, 2.24) is 0 Å². The lowest BCUT2D eigenvalue weighted by atomic mass is 9.89. The van der Waals surface area contributed by atoms with Gasteiger partial charge in [-0.2, -0.15) is 0 Å². The maximum absolute atomic E-state index is 13.5. The molecule has 0 radical (unpaired) electrons. The quantitative estimate of drug-likeness (QED) is 0.223. The van der Waals surface area contributed by atoms with Gasteiger partial charge in [0.1, 0.15) is 0 Å². The van der Waals surface area contributed by atoms with Gasteiger partial charge in [0.2, 0.25) is 0 Å². The molecule has 0 aliphatic heterocycles. The van der Waals surface area contributed by atoms with Gasteiger partial charge >= 0.3 is 0 Å². The number of rotatable bonds is 2. The van der Waals surface area contributed by atoms with E-state index < -0.39 is 0 Å². The molecule has 140 valence electrons. The zero-order valence-corrected chi connectivity index (χ0v) is 16.3. The Balaban J connectivity index is 1.76. The van der Waals surface area contributed by atoms with E-state index in [1.165, 1.54) is 26.9 Å². The molecule has 0 saturated heterocycles. The Morgan fingerprint density at radius 2 is 0.967 bits per heavy atom. The first-order chi connectivity index (χ1) is 14.8. The first-order valence-electron chi connectivity index (χ1n) is 10.2. The molecule has 0 heterocycles. The zero-order chi connectivity index (χ0) is 20.1. The zero-order valence-electron chi connectivity index (χ0n) is 16.3. The molecule has 0 N–H and O–H groups in total. The Morgan fingerprint density at radius 3 is 1.73 bits per heavy atom. The second-order valence-electron chi connectivity index (χ2n) is 7.71. The molecule has 0 fully saturated rings. The van der Waals surface area contributed by atoms with Crippen molar-refractivity contribution in [3.8, 4) is 0 Å². The average Bonchev–Trinajstić information content (AvgIpc) is 2.83. The highest BCUT2D eigenvalue weighted by Gasteiger charge is 2.16. The highest BCUT2D eigenvalue weighted by molar-refractivity contribution is 6.27. The summed E-state index contributed by atoms with van der Waals surface area (Å²) >= 11 is 0. The lowest BCUT2D eigenvalue weighted by Crippen LogP contribution is -2.02. The highest BCUT2D eigenvalue weighted by Crippen LogP contribution is 2.36. The van der Waals surface area contributed by atoms with E-state index in [-0.39, 0.29) is 5.78 Å². The molecule has 0 aliphatic rings. The van der Waals surface area contributed by atoms with Crippen molar-refractivity contribution in [2.24, 2.45) is 0 Å². The van der Waals surface area contributed by atoms with Gasteiger partial charge in [-0.25, -0.2) is 0 Å². The third-order valence-corrected chi connectivity index (χ3v) is 6.04. The first kappa shape index (κ1) is 16.9. The number of ketones is 1. The Labute approximate surface area is 174 Å². The number of fused-ring (bicyclic) bond motifs is 7. The summed E-state index contributed by atoms with van der Waals surface area (Å²) in [7, 11) is 0. The van der Waals surface area contributed by atoms with Crippen LogP contribution < -0.4 is 0 Å². The molecule has 6 rings (SSSR count). The van der Waals surface area contributed by atoms with E-state index in [0.717, 1.165) is 21.7 Å². The van der Waals surface area contributed by atoms with E-state index in [1.807, 2.05) is 42.5 Å². The fraction of sp³-hybridized carbons (Fsp3) is 0. The van der Waals surface area contributed by atoms with Gasteiger partial charge < -0.3 is 0 Å². The number of hydrogen-bond acceptors (Lipinski definition) is 1. The Morgan fingerprint density at radius 1 is 0.433 bits per heavy atom. The summed E-state index contributed by atoms with van der Waals surface area (Å²) in [5.74, 6) is 0.0616. The SMILES string of the molecule is O=C(c1ccccc1)c1cc2c(ccc3c4ccccc4ccc32)c2ccccc12. The van der Waals surface area contributed by atoms with Crippen LogP contribution in [0.15, 0.2) is 109 Å². The molecule has 0 unspecified atom stereocenters. The molecule has 30 heavy (non-hydrogen) atoms. The highest BCUT2D eigenvalue weighted by atomic mass is 16.1. The normalized spacial score (nSPS) is 11.5. The van der Waals surface area contributed by atoms with E-state index in [1.54, 1.807) is 0 Å². The third-order valence-electron chi connectivity index (χ3n) is 6.04. The monoisotopic (exact) mass is 382 g/mol. The number of carbonyl (C=O) groups is 1. The smallest absolute Gasteiger partial charge is 0.193 e. The van der Waals surface area contributed by atoms with E-state index in [2.05, 4.69) is 66.7 Å². The summed E-state index contributed by atoms with van der Waals surface area (Å²) < 4.78 is 0. The Bertz CT molecular complexity index is 1590. The minimum Gasteiger partial charge on any atom is -0.289 e. The molecule has 0 atom stereocenters. The molecule has 0 spiro atoms. The molecule has 0 aliphatic carbocycles. The number of hydrogen-bond donors (Lipinski definition) is 0. The van der Waals surface area contributed by atoms with Crippen LogP contribution in [0.3, 0.4) is 0 Å². The van der Waals surface area contributed by atoms with Crippen molar-refractivity contribution < 1.29 is 4.79 Å². The second-order valence-corrected chi connectivity index (χ2v) is 7.71. The predicted molar refractivity (Wildman–Crippen MR) is 126 cm³/mol. The molecule has 1 nitrogen and oxygen atoms in total. The van der Waals surface area contributed by atoms with Gasteiger partial charge in [0.15, 0.2) is 5.78 Å².